The van der Waals surface area contributed by atoms with Crippen molar-refractivity contribution in [2.45, 2.75) is 38.9 Å². The Balaban J connectivity index is 2.65. The van der Waals surface area contributed by atoms with E-state index in [2.05, 4.69) is 0 Å². The zero-order valence-electron chi connectivity index (χ0n) is 10.0. The van der Waals surface area contributed by atoms with Crippen LogP contribution >= 0.6 is 0 Å². The Labute approximate surface area is 96.1 Å². The lowest BCUT2D eigenvalue weighted by atomic mass is 9.99. The third-order valence-electron chi connectivity index (χ3n) is 2.85. The SMILES string of the molecule is COC(C)CCC(O)c1cc(F)ccc1C. The summed E-state index contributed by atoms with van der Waals surface area (Å²) in [6, 6.07) is 4.49. The van der Waals surface area contributed by atoms with E-state index in [1.54, 1.807) is 13.2 Å². The van der Waals surface area contributed by atoms with E-state index in [0.29, 0.717) is 12.0 Å². The molecule has 0 radical (unpaired) electrons. The zero-order chi connectivity index (χ0) is 12.1. The second-order valence-corrected chi connectivity index (χ2v) is 4.14. The number of halogens is 1. The molecule has 2 atom stereocenters. The fourth-order valence-electron chi connectivity index (χ4n) is 1.64. The van der Waals surface area contributed by atoms with Crippen LogP contribution in [0.4, 0.5) is 4.39 Å². The molecule has 0 aliphatic carbocycles. The summed E-state index contributed by atoms with van der Waals surface area (Å²) < 4.78 is 18.1. The van der Waals surface area contributed by atoms with Crippen LogP contribution in [0.1, 0.15) is 37.0 Å². The van der Waals surface area contributed by atoms with Gasteiger partial charge in [0.2, 0.25) is 0 Å². The van der Waals surface area contributed by atoms with Gasteiger partial charge in [0.1, 0.15) is 5.82 Å². The Morgan fingerprint density at radius 3 is 2.69 bits per heavy atom. The molecular weight excluding hydrogens is 207 g/mol. The van der Waals surface area contributed by atoms with E-state index in [9.17, 15) is 9.50 Å². The average molecular weight is 226 g/mol. The van der Waals surface area contributed by atoms with Gasteiger partial charge in [-0.2, -0.15) is 0 Å². The van der Waals surface area contributed by atoms with Crippen LogP contribution in [-0.2, 0) is 4.74 Å². The maximum Gasteiger partial charge on any atom is 0.123 e. The minimum absolute atomic E-state index is 0.114. The number of aliphatic hydroxyl groups is 1. The molecule has 2 nitrogen and oxygen atoms in total. The molecule has 0 spiro atoms. The molecule has 1 rings (SSSR count). The van der Waals surface area contributed by atoms with E-state index >= 15 is 0 Å². The predicted molar refractivity (Wildman–Crippen MR) is 61.8 cm³/mol. The Morgan fingerprint density at radius 2 is 2.06 bits per heavy atom. The molecule has 0 bridgehead atoms. The van der Waals surface area contributed by atoms with Crippen molar-refractivity contribution in [2.24, 2.45) is 0 Å². The molecule has 2 unspecified atom stereocenters. The lowest BCUT2D eigenvalue weighted by Crippen LogP contribution is -2.08. The van der Waals surface area contributed by atoms with Gasteiger partial charge in [-0.25, -0.2) is 4.39 Å². The highest BCUT2D eigenvalue weighted by molar-refractivity contribution is 5.28. The van der Waals surface area contributed by atoms with E-state index in [0.717, 1.165) is 12.0 Å². The summed E-state index contributed by atoms with van der Waals surface area (Å²) in [5, 5.41) is 9.95. The summed E-state index contributed by atoms with van der Waals surface area (Å²) in [5.41, 5.74) is 1.59. The summed E-state index contributed by atoms with van der Waals surface area (Å²) in [6.07, 6.45) is 0.837. The number of aliphatic hydroxyl groups excluding tert-OH is 1. The van der Waals surface area contributed by atoms with Gasteiger partial charge in [-0.05, 0) is 49.9 Å². The standard InChI is InChI=1S/C13H19FO2/c1-9-4-6-11(14)8-12(9)13(15)7-5-10(2)16-3/h4,6,8,10,13,15H,5,7H2,1-3H3. The maximum atomic E-state index is 13.0. The van der Waals surface area contributed by atoms with E-state index in [-0.39, 0.29) is 11.9 Å². The van der Waals surface area contributed by atoms with Gasteiger partial charge in [0.15, 0.2) is 0 Å². The van der Waals surface area contributed by atoms with Gasteiger partial charge in [-0.1, -0.05) is 6.07 Å². The van der Waals surface area contributed by atoms with Crippen LogP contribution < -0.4 is 0 Å². The smallest absolute Gasteiger partial charge is 0.123 e. The predicted octanol–water partition coefficient (Wildman–Crippen LogP) is 2.98. The first-order valence-electron chi connectivity index (χ1n) is 5.51. The number of rotatable bonds is 5. The van der Waals surface area contributed by atoms with Crippen molar-refractivity contribution < 1.29 is 14.2 Å². The first kappa shape index (κ1) is 13.1. The summed E-state index contributed by atoms with van der Waals surface area (Å²) >= 11 is 0. The Kier molecular flexibility index (Phi) is 4.90. The zero-order valence-corrected chi connectivity index (χ0v) is 10.0. The molecule has 0 heterocycles. The van der Waals surface area contributed by atoms with Crippen LogP contribution in [0, 0.1) is 12.7 Å². The second kappa shape index (κ2) is 5.97. The van der Waals surface area contributed by atoms with Crippen LogP contribution in [0.15, 0.2) is 18.2 Å². The van der Waals surface area contributed by atoms with Crippen LogP contribution in [0.5, 0.6) is 0 Å². The molecule has 1 aromatic carbocycles. The lowest BCUT2D eigenvalue weighted by molar-refractivity contribution is 0.0848. The number of methoxy groups -OCH3 is 1. The minimum atomic E-state index is -0.617. The van der Waals surface area contributed by atoms with E-state index < -0.39 is 6.10 Å². The number of hydrogen-bond acceptors (Lipinski definition) is 2. The molecule has 1 N–H and O–H groups in total. The molecule has 1 aromatic rings. The van der Waals surface area contributed by atoms with Crippen molar-refractivity contribution in [1.82, 2.24) is 0 Å². The Morgan fingerprint density at radius 1 is 1.38 bits per heavy atom. The van der Waals surface area contributed by atoms with Crippen molar-refractivity contribution in [3.05, 3.63) is 35.1 Å². The Bertz CT molecular complexity index is 339. The van der Waals surface area contributed by atoms with Gasteiger partial charge < -0.3 is 9.84 Å². The molecular formula is C13H19FO2. The minimum Gasteiger partial charge on any atom is -0.388 e. The molecule has 3 heteroatoms. The van der Waals surface area contributed by atoms with Crippen LogP contribution in [0.25, 0.3) is 0 Å². The molecule has 0 amide bonds. The third-order valence-corrected chi connectivity index (χ3v) is 2.85. The Hall–Kier alpha value is -0.930. The molecule has 0 saturated carbocycles. The molecule has 16 heavy (non-hydrogen) atoms. The quantitative estimate of drug-likeness (QED) is 0.836. The van der Waals surface area contributed by atoms with Gasteiger partial charge in [0.25, 0.3) is 0 Å². The van der Waals surface area contributed by atoms with Gasteiger partial charge in [-0.15, -0.1) is 0 Å². The summed E-state index contributed by atoms with van der Waals surface area (Å²) in [7, 11) is 1.64. The van der Waals surface area contributed by atoms with Crippen LogP contribution in [-0.4, -0.2) is 18.3 Å². The van der Waals surface area contributed by atoms with E-state index in [1.807, 2.05) is 13.8 Å². The summed E-state index contributed by atoms with van der Waals surface area (Å²) in [4.78, 5) is 0. The van der Waals surface area contributed by atoms with Crippen molar-refractivity contribution >= 4 is 0 Å². The molecule has 0 aliphatic rings. The summed E-state index contributed by atoms with van der Waals surface area (Å²) in [5.74, 6) is -0.306. The second-order valence-electron chi connectivity index (χ2n) is 4.14. The topological polar surface area (TPSA) is 29.5 Å². The van der Waals surface area contributed by atoms with E-state index in [4.69, 9.17) is 4.74 Å². The fraction of sp³-hybridized carbons (Fsp3) is 0.538. The molecule has 90 valence electrons. The van der Waals surface area contributed by atoms with Gasteiger partial charge in [-0.3, -0.25) is 0 Å². The molecule has 0 aromatic heterocycles. The molecule has 0 aliphatic heterocycles. The lowest BCUT2D eigenvalue weighted by Gasteiger charge is -2.16. The van der Waals surface area contributed by atoms with Gasteiger partial charge in [0, 0.05) is 7.11 Å². The number of hydrogen-bond donors (Lipinski definition) is 1. The highest BCUT2D eigenvalue weighted by atomic mass is 19.1. The first-order valence-corrected chi connectivity index (χ1v) is 5.51. The summed E-state index contributed by atoms with van der Waals surface area (Å²) in [6.45, 7) is 3.82. The third kappa shape index (κ3) is 3.58. The average Bonchev–Trinajstić information content (AvgIpc) is 2.28. The van der Waals surface area contributed by atoms with E-state index in [1.165, 1.54) is 12.1 Å². The van der Waals surface area contributed by atoms with Crippen molar-refractivity contribution in [1.29, 1.82) is 0 Å². The number of ether oxygens (including phenoxy) is 1. The van der Waals surface area contributed by atoms with Gasteiger partial charge in [0.05, 0.1) is 12.2 Å². The van der Waals surface area contributed by atoms with Crippen molar-refractivity contribution in [3.63, 3.8) is 0 Å². The highest BCUT2D eigenvalue weighted by Gasteiger charge is 2.12. The normalized spacial score (nSPS) is 14.8. The first-order chi connectivity index (χ1) is 7.54. The molecule has 0 saturated heterocycles. The fourth-order valence-corrected chi connectivity index (χ4v) is 1.64. The van der Waals surface area contributed by atoms with Crippen LogP contribution in [0.2, 0.25) is 0 Å². The maximum absolute atomic E-state index is 13.0. The number of benzene rings is 1. The van der Waals surface area contributed by atoms with Gasteiger partial charge >= 0.3 is 0 Å². The van der Waals surface area contributed by atoms with Crippen molar-refractivity contribution in [2.75, 3.05) is 7.11 Å². The largest absolute Gasteiger partial charge is 0.388 e. The van der Waals surface area contributed by atoms with Crippen LogP contribution in [0.3, 0.4) is 0 Å². The number of aryl methyl sites for hydroxylation is 1. The molecule has 0 fully saturated rings. The monoisotopic (exact) mass is 226 g/mol. The highest BCUT2D eigenvalue weighted by Crippen LogP contribution is 2.23. The van der Waals surface area contributed by atoms with Crippen molar-refractivity contribution in [3.8, 4) is 0 Å².